The highest BCUT2D eigenvalue weighted by molar-refractivity contribution is 14.0. The second-order valence-corrected chi connectivity index (χ2v) is 5.47. The highest BCUT2D eigenvalue weighted by Gasteiger charge is 2.25. The van der Waals surface area contributed by atoms with Crippen LogP contribution >= 0.6 is 24.0 Å². The molecule has 0 aliphatic carbocycles. The Morgan fingerprint density at radius 2 is 2.17 bits per heavy atom. The Kier molecular flexibility index (Phi) is 6.82. The molecule has 3 rings (SSSR count). The van der Waals surface area contributed by atoms with Crippen LogP contribution in [0.1, 0.15) is 17.9 Å². The van der Waals surface area contributed by atoms with Gasteiger partial charge in [0, 0.05) is 32.6 Å². The summed E-state index contributed by atoms with van der Waals surface area (Å²) in [6.07, 6.45) is 4.46. The van der Waals surface area contributed by atoms with Crippen LogP contribution in [0.2, 0.25) is 0 Å². The van der Waals surface area contributed by atoms with Gasteiger partial charge in [0.25, 0.3) is 0 Å². The number of benzene rings is 1. The van der Waals surface area contributed by atoms with E-state index < -0.39 is 0 Å². The van der Waals surface area contributed by atoms with Gasteiger partial charge >= 0.3 is 0 Å². The lowest BCUT2D eigenvalue weighted by atomic mass is 9.99. The van der Waals surface area contributed by atoms with Gasteiger partial charge < -0.3 is 10.2 Å². The van der Waals surface area contributed by atoms with Crippen molar-refractivity contribution >= 4 is 29.9 Å². The van der Waals surface area contributed by atoms with Gasteiger partial charge in [0.1, 0.15) is 12.7 Å². The number of rotatable bonds is 4. The minimum Gasteiger partial charge on any atom is -0.354 e. The Bertz CT molecular complexity index is 598. The number of likely N-dealkylation sites (tertiary alicyclic amines) is 1. The molecule has 7 heteroatoms. The Labute approximate surface area is 154 Å². The largest absolute Gasteiger partial charge is 0.354 e. The molecule has 0 radical (unpaired) electrons. The molecule has 1 aromatic heterocycles. The van der Waals surface area contributed by atoms with Crippen LogP contribution in [0.4, 0.5) is 0 Å². The molecule has 0 bridgehead atoms. The maximum absolute atomic E-state index is 4.40. The topological polar surface area (TPSA) is 58.3 Å². The average Bonchev–Trinajstić information content (AvgIpc) is 3.24. The summed E-state index contributed by atoms with van der Waals surface area (Å²) in [5.74, 6) is 1.56. The standard InChI is InChI=1S/C16H22N6.HI/c1-17-16(19-8-10-22-13-18-12-20-22)21-9-7-15(11-21)14-5-3-2-4-6-14;/h2-6,12-13,15H,7-11H2,1H3,(H,17,19);1H. The molecule has 2 aromatic rings. The smallest absolute Gasteiger partial charge is 0.193 e. The summed E-state index contributed by atoms with van der Waals surface area (Å²) in [5.41, 5.74) is 1.42. The fourth-order valence-corrected chi connectivity index (χ4v) is 2.91. The number of hydrogen-bond acceptors (Lipinski definition) is 3. The van der Waals surface area contributed by atoms with E-state index in [0.29, 0.717) is 5.92 Å². The first-order chi connectivity index (χ1) is 10.9. The minimum absolute atomic E-state index is 0. The van der Waals surface area contributed by atoms with Gasteiger partial charge in [0.05, 0.1) is 6.54 Å². The van der Waals surface area contributed by atoms with Gasteiger partial charge in [-0.25, -0.2) is 4.98 Å². The number of hydrogen-bond donors (Lipinski definition) is 1. The molecule has 1 N–H and O–H groups in total. The lowest BCUT2D eigenvalue weighted by molar-refractivity contribution is 0.479. The molecule has 1 unspecified atom stereocenters. The number of nitrogens with one attached hydrogen (secondary N) is 1. The molecule has 1 aromatic carbocycles. The van der Waals surface area contributed by atoms with E-state index in [9.17, 15) is 0 Å². The summed E-state index contributed by atoms with van der Waals surface area (Å²) in [6, 6.07) is 10.7. The van der Waals surface area contributed by atoms with E-state index in [1.165, 1.54) is 12.0 Å². The highest BCUT2D eigenvalue weighted by atomic mass is 127. The first-order valence-electron chi connectivity index (χ1n) is 7.70. The Balaban J connectivity index is 0.00000192. The molecule has 0 amide bonds. The van der Waals surface area contributed by atoms with Crippen LogP contribution in [0.15, 0.2) is 48.0 Å². The van der Waals surface area contributed by atoms with Gasteiger partial charge in [-0.1, -0.05) is 30.3 Å². The quantitative estimate of drug-likeness (QED) is 0.462. The predicted octanol–water partition coefficient (Wildman–Crippen LogP) is 1.96. The maximum Gasteiger partial charge on any atom is 0.193 e. The van der Waals surface area contributed by atoms with Crippen LogP contribution in [0.5, 0.6) is 0 Å². The highest BCUT2D eigenvalue weighted by Crippen LogP contribution is 2.26. The van der Waals surface area contributed by atoms with E-state index in [2.05, 4.69) is 55.6 Å². The first-order valence-corrected chi connectivity index (χ1v) is 7.70. The van der Waals surface area contributed by atoms with Crippen LogP contribution < -0.4 is 5.32 Å². The molecule has 1 atom stereocenters. The monoisotopic (exact) mass is 426 g/mol. The summed E-state index contributed by atoms with van der Waals surface area (Å²) < 4.78 is 1.82. The molecule has 1 fully saturated rings. The third-order valence-electron chi connectivity index (χ3n) is 4.06. The molecule has 23 heavy (non-hydrogen) atoms. The van der Waals surface area contributed by atoms with E-state index in [-0.39, 0.29) is 24.0 Å². The number of nitrogens with zero attached hydrogens (tertiary/aromatic N) is 5. The summed E-state index contributed by atoms with van der Waals surface area (Å²) in [6.45, 7) is 3.65. The Morgan fingerprint density at radius 1 is 1.35 bits per heavy atom. The molecule has 0 saturated carbocycles. The SMILES string of the molecule is CN=C(NCCn1cncn1)N1CCC(c2ccccc2)C1.I. The summed E-state index contributed by atoms with van der Waals surface area (Å²) >= 11 is 0. The molecule has 1 aliphatic heterocycles. The van der Waals surface area contributed by atoms with Crippen LogP contribution in [0.25, 0.3) is 0 Å². The van der Waals surface area contributed by atoms with E-state index >= 15 is 0 Å². The Morgan fingerprint density at radius 3 is 2.87 bits per heavy atom. The number of aliphatic imine (C=N–C) groups is 1. The summed E-state index contributed by atoms with van der Waals surface area (Å²) in [5, 5.41) is 7.51. The van der Waals surface area contributed by atoms with Crippen molar-refractivity contribution < 1.29 is 0 Å². The van der Waals surface area contributed by atoms with Crippen molar-refractivity contribution in [3.8, 4) is 0 Å². The zero-order chi connectivity index (χ0) is 15.2. The third-order valence-corrected chi connectivity index (χ3v) is 4.06. The molecule has 0 spiro atoms. The zero-order valence-corrected chi connectivity index (χ0v) is 15.6. The van der Waals surface area contributed by atoms with Crippen molar-refractivity contribution in [2.75, 3.05) is 26.7 Å². The van der Waals surface area contributed by atoms with Crippen molar-refractivity contribution in [2.24, 2.45) is 4.99 Å². The van der Waals surface area contributed by atoms with E-state index in [1.807, 2.05) is 11.7 Å². The maximum atomic E-state index is 4.40. The summed E-state index contributed by atoms with van der Waals surface area (Å²) in [7, 11) is 1.84. The fourth-order valence-electron chi connectivity index (χ4n) is 2.91. The average molecular weight is 426 g/mol. The van der Waals surface area contributed by atoms with Crippen LogP contribution in [-0.4, -0.2) is 52.3 Å². The van der Waals surface area contributed by atoms with Gasteiger partial charge in [0.15, 0.2) is 5.96 Å². The van der Waals surface area contributed by atoms with Crippen molar-refractivity contribution in [1.29, 1.82) is 0 Å². The number of halogens is 1. The van der Waals surface area contributed by atoms with Gasteiger partial charge in [-0.05, 0) is 12.0 Å². The van der Waals surface area contributed by atoms with E-state index in [4.69, 9.17) is 0 Å². The van der Waals surface area contributed by atoms with Crippen molar-refractivity contribution in [2.45, 2.75) is 18.9 Å². The predicted molar refractivity (Wildman–Crippen MR) is 102 cm³/mol. The first kappa shape index (κ1) is 17.7. The minimum atomic E-state index is 0. The molecular formula is C16H23IN6. The molecule has 1 saturated heterocycles. The van der Waals surface area contributed by atoms with Gasteiger partial charge in [-0.3, -0.25) is 9.67 Å². The van der Waals surface area contributed by atoms with E-state index in [1.54, 1.807) is 12.7 Å². The van der Waals surface area contributed by atoms with Gasteiger partial charge in [-0.15, -0.1) is 24.0 Å². The van der Waals surface area contributed by atoms with Crippen LogP contribution in [0, 0.1) is 0 Å². The number of guanidine groups is 1. The fraction of sp³-hybridized carbons (Fsp3) is 0.438. The van der Waals surface area contributed by atoms with Crippen molar-refractivity contribution in [1.82, 2.24) is 25.0 Å². The summed E-state index contributed by atoms with van der Waals surface area (Å²) in [4.78, 5) is 10.7. The van der Waals surface area contributed by atoms with Gasteiger partial charge in [-0.2, -0.15) is 5.10 Å². The third kappa shape index (κ3) is 4.66. The molecule has 2 heterocycles. The zero-order valence-electron chi connectivity index (χ0n) is 13.3. The second kappa shape index (κ2) is 8.85. The lowest BCUT2D eigenvalue weighted by Crippen LogP contribution is -2.41. The normalized spacial score (nSPS) is 17.9. The second-order valence-electron chi connectivity index (χ2n) is 5.47. The van der Waals surface area contributed by atoms with Crippen LogP contribution in [0.3, 0.4) is 0 Å². The van der Waals surface area contributed by atoms with Crippen molar-refractivity contribution in [3.05, 3.63) is 48.5 Å². The van der Waals surface area contributed by atoms with E-state index in [0.717, 1.165) is 32.1 Å². The Hall–Kier alpha value is -1.64. The number of aromatic nitrogens is 3. The molecular weight excluding hydrogens is 403 g/mol. The molecule has 124 valence electrons. The molecule has 1 aliphatic rings. The van der Waals surface area contributed by atoms with Gasteiger partial charge in [0.2, 0.25) is 0 Å². The lowest BCUT2D eigenvalue weighted by Gasteiger charge is -2.21. The van der Waals surface area contributed by atoms with Crippen LogP contribution in [-0.2, 0) is 6.54 Å². The van der Waals surface area contributed by atoms with Crippen molar-refractivity contribution in [3.63, 3.8) is 0 Å². The molecule has 6 nitrogen and oxygen atoms in total.